The lowest BCUT2D eigenvalue weighted by Gasteiger charge is -2.24. The molecule has 1 atom stereocenters. The number of ether oxygens (including phenoxy) is 1. The molecule has 24 heavy (non-hydrogen) atoms. The van der Waals surface area contributed by atoms with E-state index in [1.54, 1.807) is 35.9 Å². The van der Waals surface area contributed by atoms with E-state index in [1.165, 1.54) is 0 Å². The van der Waals surface area contributed by atoms with Crippen LogP contribution in [0.25, 0.3) is 5.69 Å². The first-order chi connectivity index (χ1) is 11.6. The van der Waals surface area contributed by atoms with E-state index in [0.717, 1.165) is 17.9 Å². The topological polar surface area (TPSA) is 76.5 Å². The molecule has 2 heterocycles. The average Bonchev–Trinajstić information content (AvgIpc) is 3.04. The van der Waals surface area contributed by atoms with Crippen LogP contribution in [0, 0.1) is 0 Å². The van der Waals surface area contributed by atoms with Gasteiger partial charge in [0.1, 0.15) is 11.8 Å². The Balaban J connectivity index is 1.81. The summed E-state index contributed by atoms with van der Waals surface area (Å²) in [7, 11) is 1.61. The number of carbonyl (C=O) groups excluding carboxylic acids is 2. The zero-order chi connectivity index (χ0) is 17.1. The van der Waals surface area contributed by atoms with Crippen LogP contribution in [0.1, 0.15) is 23.8 Å². The summed E-state index contributed by atoms with van der Waals surface area (Å²) in [4.78, 5) is 26.2. The Labute approximate surface area is 140 Å². The summed E-state index contributed by atoms with van der Waals surface area (Å²) in [6.07, 6.45) is 2.47. The third-order valence-corrected chi connectivity index (χ3v) is 4.13. The highest BCUT2D eigenvalue weighted by Crippen LogP contribution is 2.16. The summed E-state index contributed by atoms with van der Waals surface area (Å²) in [6, 6.07) is 8.57. The van der Waals surface area contributed by atoms with E-state index in [0.29, 0.717) is 18.8 Å². The Morgan fingerprint density at radius 1 is 1.29 bits per heavy atom. The van der Waals surface area contributed by atoms with Crippen molar-refractivity contribution in [3.05, 3.63) is 42.2 Å². The van der Waals surface area contributed by atoms with E-state index in [1.807, 2.05) is 24.3 Å². The van der Waals surface area contributed by atoms with Gasteiger partial charge >= 0.3 is 0 Å². The number of rotatable bonds is 3. The van der Waals surface area contributed by atoms with Crippen LogP contribution >= 0.6 is 0 Å². The molecule has 7 heteroatoms. The van der Waals surface area contributed by atoms with Crippen molar-refractivity contribution >= 4 is 11.8 Å². The van der Waals surface area contributed by atoms with Crippen LogP contribution in [0.2, 0.25) is 0 Å². The predicted octanol–water partition coefficient (Wildman–Crippen LogP) is 1.23. The summed E-state index contributed by atoms with van der Waals surface area (Å²) in [5, 5.41) is 7.16. The Morgan fingerprint density at radius 2 is 2.04 bits per heavy atom. The maximum Gasteiger partial charge on any atom is 0.275 e. The fourth-order valence-electron chi connectivity index (χ4n) is 2.69. The highest BCUT2D eigenvalue weighted by atomic mass is 16.5. The first-order valence-electron chi connectivity index (χ1n) is 7.89. The molecule has 126 valence electrons. The summed E-state index contributed by atoms with van der Waals surface area (Å²) in [6.45, 7) is 2.86. The van der Waals surface area contributed by atoms with E-state index < -0.39 is 6.04 Å². The van der Waals surface area contributed by atoms with Gasteiger partial charge in [-0.3, -0.25) is 9.59 Å². The van der Waals surface area contributed by atoms with Gasteiger partial charge < -0.3 is 15.0 Å². The molecule has 0 saturated carbocycles. The van der Waals surface area contributed by atoms with Crippen LogP contribution in [-0.2, 0) is 4.79 Å². The molecule has 0 bridgehead atoms. The lowest BCUT2D eigenvalue weighted by Crippen LogP contribution is -2.45. The summed E-state index contributed by atoms with van der Waals surface area (Å²) in [5.41, 5.74) is 1.16. The van der Waals surface area contributed by atoms with Gasteiger partial charge in [-0.2, -0.15) is 5.10 Å². The molecular formula is C17H20N4O3. The van der Waals surface area contributed by atoms with E-state index in [4.69, 9.17) is 4.74 Å². The minimum atomic E-state index is -0.494. The zero-order valence-corrected chi connectivity index (χ0v) is 13.7. The summed E-state index contributed by atoms with van der Waals surface area (Å²) in [5.74, 6) is 0.397. The summed E-state index contributed by atoms with van der Waals surface area (Å²) < 4.78 is 6.77. The second-order valence-electron chi connectivity index (χ2n) is 5.66. The van der Waals surface area contributed by atoms with Crippen LogP contribution in [0.5, 0.6) is 5.75 Å². The van der Waals surface area contributed by atoms with Gasteiger partial charge in [-0.05, 0) is 43.7 Å². The quantitative estimate of drug-likeness (QED) is 0.919. The van der Waals surface area contributed by atoms with Gasteiger partial charge in [-0.1, -0.05) is 0 Å². The molecule has 0 radical (unpaired) electrons. The number of methoxy groups -OCH3 is 1. The Hall–Kier alpha value is -2.83. The molecule has 0 aliphatic carbocycles. The molecule has 2 amide bonds. The van der Waals surface area contributed by atoms with Gasteiger partial charge in [0.2, 0.25) is 5.91 Å². The lowest BCUT2D eigenvalue weighted by atomic mass is 10.2. The van der Waals surface area contributed by atoms with Gasteiger partial charge in [0.05, 0.1) is 12.8 Å². The molecule has 0 spiro atoms. The zero-order valence-electron chi connectivity index (χ0n) is 13.7. The fraction of sp³-hybridized carbons (Fsp3) is 0.353. The van der Waals surface area contributed by atoms with E-state index in [2.05, 4.69) is 10.4 Å². The maximum absolute atomic E-state index is 12.7. The Bertz CT molecular complexity index is 739. The SMILES string of the molecule is COc1ccc(-n2ccc(C(=O)N3CCCNC(=O)[C@@H]3C)n2)cc1. The second kappa shape index (κ2) is 6.74. The van der Waals surface area contributed by atoms with Crippen LogP contribution in [0.15, 0.2) is 36.5 Å². The summed E-state index contributed by atoms with van der Waals surface area (Å²) >= 11 is 0. The van der Waals surface area contributed by atoms with E-state index in [9.17, 15) is 9.59 Å². The molecule has 1 aromatic heterocycles. The Kier molecular flexibility index (Phi) is 4.50. The van der Waals surface area contributed by atoms with Gasteiger partial charge in [-0.15, -0.1) is 0 Å². The number of nitrogens with one attached hydrogen (secondary N) is 1. The monoisotopic (exact) mass is 328 g/mol. The van der Waals surface area contributed by atoms with E-state index in [-0.39, 0.29) is 11.8 Å². The predicted molar refractivity (Wildman–Crippen MR) is 88.2 cm³/mol. The van der Waals surface area contributed by atoms with Gasteiger partial charge in [-0.25, -0.2) is 4.68 Å². The van der Waals surface area contributed by atoms with Crippen molar-refractivity contribution in [3.63, 3.8) is 0 Å². The third-order valence-electron chi connectivity index (χ3n) is 4.13. The molecule has 2 aromatic rings. The van der Waals surface area contributed by atoms with Crippen molar-refractivity contribution in [2.24, 2.45) is 0 Å². The van der Waals surface area contributed by atoms with E-state index >= 15 is 0 Å². The molecule has 0 unspecified atom stereocenters. The molecule has 1 aliphatic heterocycles. The normalized spacial score (nSPS) is 18.0. The second-order valence-corrected chi connectivity index (χ2v) is 5.66. The van der Waals surface area contributed by atoms with Gasteiger partial charge in [0, 0.05) is 19.3 Å². The molecule has 3 rings (SSSR count). The van der Waals surface area contributed by atoms with Crippen molar-refractivity contribution in [3.8, 4) is 11.4 Å². The number of amides is 2. The highest BCUT2D eigenvalue weighted by Gasteiger charge is 2.29. The van der Waals surface area contributed by atoms with Gasteiger partial charge in [0.15, 0.2) is 5.69 Å². The first-order valence-corrected chi connectivity index (χ1v) is 7.89. The van der Waals surface area contributed by atoms with Crippen molar-refractivity contribution in [1.82, 2.24) is 20.0 Å². The molecule has 1 aliphatic rings. The molecular weight excluding hydrogens is 308 g/mol. The molecule has 1 saturated heterocycles. The average molecular weight is 328 g/mol. The van der Waals surface area contributed by atoms with Crippen LogP contribution in [-0.4, -0.2) is 52.7 Å². The number of benzene rings is 1. The van der Waals surface area contributed by atoms with Gasteiger partial charge in [0.25, 0.3) is 5.91 Å². The lowest BCUT2D eigenvalue weighted by molar-refractivity contribution is -0.124. The number of hydrogen-bond acceptors (Lipinski definition) is 4. The number of nitrogens with zero attached hydrogens (tertiary/aromatic N) is 3. The minimum Gasteiger partial charge on any atom is -0.497 e. The molecule has 1 aromatic carbocycles. The minimum absolute atomic E-state index is 0.129. The highest BCUT2D eigenvalue weighted by molar-refractivity contribution is 5.96. The molecule has 1 fully saturated rings. The van der Waals surface area contributed by atoms with Crippen LogP contribution in [0.3, 0.4) is 0 Å². The maximum atomic E-state index is 12.7. The Morgan fingerprint density at radius 3 is 2.75 bits per heavy atom. The third kappa shape index (κ3) is 3.10. The van der Waals surface area contributed by atoms with Crippen molar-refractivity contribution < 1.29 is 14.3 Å². The van der Waals surface area contributed by atoms with Crippen molar-refractivity contribution in [1.29, 1.82) is 0 Å². The number of hydrogen-bond donors (Lipinski definition) is 1. The molecule has 7 nitrogen and oxygen atoms in total. The van der Waals surface area contributed by atoms with Crippen molar-refractivity contribution in [2.45, 2.75) is 19.4 Å². The largest absolute Gasteiger partial charge is 0.497 e. The van der Waals surface area contributed by atoms with Crippen LogP contribution < -0.4 is 10.1 Å². The molecule has 1 N–H and O–H groups in total. The number of aromatic nitrogens is 2. The number of carbonyl (C=O) groups is 2. The smallest absolute Gasteiger partial charge is 0.275 e. The van der Waals surface area contributed by atoms with Crippen LogP contribution in [0.4, 0.5) is 0 Å². The van der Waals surface area contributed by atoms with Crippen molar-refractivity contribution in [2.75, 3.05) is 20.2 Å². The standard InChI is InChI=1S/C17H20N4O3/c1-12-16(22)18-9-3-10-20(12)17(23)15-8-11-21(19-15)13-4-6-14(24-2)7-5-13/h4-8,11-12H,3,9-10H2,1-2H3,(H,18,22)/t12-/m0/s1. The first kappa shape index (κ1) is 16.0. The fourth-order valence-corrected chi connectivity index (χ4v) is 2.69.